The molecule has 0 rings (SSSR count). The summed E-state index contributed by atoms with van der Waals surface area (Å²) in [4.78, 5) is 37.5. The van der Waals surface area contributed by atoms with Gasteiger partial charge >= 0.3 is 11.9 Å². The summed E-state index contributed by atoms with van der Waals surface area (Å²) in [6.07, 6.45) is 112. The third kappa shape index (κ3) is 75.1. The molecule has 0 aliphatic heterocycles. The Morgan fingerprint density at radius 3 is 0.842 bits per heavy atom. The van der Waals surface area contributed by atoms with E-state index in [1.807, 2.05) is 21.1 Å². The first kappa shape index (κ1) is 88.9. The zero-order valence-electron chi connectivity index (χ0n) is 60.7. The fraction of sp³-hybridized carbons (Fsp3) is 0.570. The van der Waals surface area contributed by atoms with Crippen molar-refractivity contribution in [2.24, 2.45) is 0 Å². The zero-order valence-corrected chi connectivity index (χ0v) is 60.7. The molecule has 2 atom stereocenters. The second-order valence-corrected chi connectivity index (χ2v) is 25.1. The van der Waals surface area contributed by atoms with E-state index in [0.29, 0.717) is 23.9 Å². The van der Waals surface area contributed by atoms with Crippen LogP contribution in [0.15, 0.2) is 207 Å². The van der Waals surface area contributed by atoms with Crippen molar-refractivity contribution < 1.29 is 42.9 Å². The molecule has 0 heterocycles. The summed E-state index contributed by atoms with van der Waals surface area (Å²) in [5.41, 5.74) is 0. The van der Waals surface area contributed by atoms with Gasteiger partial charge in [-0.3, -0.25) is 9.59 Å². The molecule has 0 saturated heterocycles. The topological polar surface area (TPSA) is 111 Å². The first-order chi connectivity index (χ1) is 46.6. The first-order valence-corrected chi connectivity index (χ1v) is 37.2. The zero-order chi connectivity index (χ0) is 69.0. The molecule has 0 aliphatic rings. The molecule has 0 saturated carbocycles. The summed E-state index contributed by atoms with van der Waals surface area (Å²) < 4.78 is 22.8. The van der Waals surface area contributed by atoms with Crippen LogP contribution in [0.1, 0.15) is 258 Å². The fourth-order valence-electron chi connectivity index (χ4n) is 9.43. The Labute approximate surface area is 582 Å². The van der Waals surface area contributed by atoms with Crippen LogP contribution in [0.25, 0.3) is 0 Å². The van der Waals surface area contributed by atoms with Gasteiger partial charge in [0, 0.05) is 12.8 Å². The second-order valence-electron chi connectivity index (χ2n) is 25.1. The van der Waals surface area contributed by atoms with E-state index >= 15 is 0 Å². The van der Waals surface area contributed by atoms with Crippen molar-refractivity contribution in [3.63, 3.8) is 0 Å². The van der Waals surface area contributed by atoms with Crippen molar-refractivity contribution in [1.29, 1.82) is 0 Å². The summed E-state index contributed by atoms with van der Waals surface area (Å²) in [6.45, 7) is 4.47. The number of carboxylic acid groups (broad SMARTS) is 1. The van der Waals surface area contributed by atoms with Crippen LogP contribution in [-0.2, 0) is 33.3 Å². The van der Waals surface area contributed by atoms with Gasteiger partial charge in [-0.05, 0) is 148 Å². The number of likely N-dealkylation sites (N-methyl/N-ethyl adjacent to an activating group) is 1. The number of esters is 2. The van der Waals surface area contributed by atoms with Crippen LogP contribution in [0, 0.1) is 0 Å². The SMILES string of the molecule is CC/C=C\C/C=C\C/C=C\C/C=C\C/C=C\C/C=C\C/C=C\C/C=C\C/C=C\CCCCCCCCCCCCCCCC(=O)OC(COC(=O)CCCCCC/C=C\C/C=C\C/C=C\C/C=C\C/C=C\C/C=C\C/C=C\C/C=C\CC)COC(OCC[N+](C)(C)C)C(=O)[O-]. The van der Waals surface area contributed by atoms with E-state index in [9.17, 15) is 19.5 Å². The van der Waals surface area contributed by atoms with E-state index in [4.69, 9.17) is 18.9 Å². The fourth-order valence-corrected chi connectivity index (χ4v) is 9.43. The minimum absolute atomic E-state index is 0.132. The highest BCUT2D eigenvalue weighted by Gasteiger charge is 2.22. The summed E-state index contributed by atoms with van der Waals surface area (Å²) in [5, 5.41) is 11.8. The van der Waals surface area contributed by atoms with E-state index in [1.54, 1.807) is 0 Å². The number of carbonyl (C=O) groups excluding carboxylic acids is 3. The Bertz CT molecular complexity index is 2320. The highest BCUT2D eigenvalue weighted by Crippen LogP contribution is 2.16. The molecule has 532 valence electrons. The van der Waals surface area contributed by atoms with Gasteiger partial charge in [0.25, 0.3) is 0 Å². The molecule has 0 fully saturated rings. The molecular weight excluding hydrogens is 1170 g/mol. The molecular formula is C86H135NO8. The van der Waals surface area contributed by atoms with Crippen LogP contribution in [0.5, 0.6) is 0 Å². The van der Waals surface area contributed by atoms with Crippen molar-refractivity contribution in [1.82, 2.24) is 0 Å². The molecule has 0 amide bonds. The van der Waals surface area contributed by atoms with Crippen LogP contribution in [0.2, 0.25) is 0 Å². The molecule has 95 heavy (non-hydrogen) atoms. The normalized spacial score (nSPS) is 13.9. The number of unbranched alkanes of at least 4 members (excludes halogenated alkanes) is 17. The Kier molecular flexibility index (Phi) is 68.9. The Morgan fingerprint density at radius 2 is 0.568 bits per heavy atom. The van der Waals surface area contributed by atoms with Crippen molar-refractivity contribution in [2.75, 3.05) is 47.5 Å². The quantitative estimate of drug-likeness (QED) is 0.0195. The first-order valence-electron chi connectivity index (χ1n) is 37.2. The van der Waals surface area contributed by atoms with Gasteiger partial charge in [-0.15, -0.1) is 0 Å². The largest absolute Gasteiger partial charge is 0.545 e. The lowest BCUT2D eigenvalue weighted by atomic mass is 10.0. The summed E-state index contributed by atoms with van der Waals surface area (Å²) in [5.74, 6) is -2.34. The van der Waals surface area contributed by atoms with Gasteiger partial charge in [0.2, 0.25) is 0 Å². The monoisotopic (exact) mass is 1310 g/mol. The number of allylic oxidation sites excluding steroid dienone is 34. The smallest absolute Gasteiger partial charge is 0.306 e. The molecule has 0 spiro atoms. The lowest BCUT2D eigenvalue weighted by Crippen LogP contribution is -2.44. The predicted molar refractivity (Wildman–Crippen MR) is 407 cm³/mol. The van der Waals surface area contributed by atoms with Gasteiger partial charge in [0.15, 0.2) is 12.4 Å². The van der Waals surface area contributed by atoms with E-state index in [-0.39, 0.29) is 38.6 Å². The third-order valence-electron chi connectivity index (χ3n) is 15.0. The Morgan fingerprint density at radius 1 is 0.316 bits per heavy atom. The lowest BCUT2D eigenvalue weighted by molar-refractivity contribution is -0.870. The number of rotatable bonds is 66. The van der Waals surface area contributed by atoms with Gasteiger partial charge in [0.05, 0.1) is 40.3 Å². The predicted octanol–water partition coefficient (Wildman–Crippen LogP) is 22.6. The van der Waals surface area contributed by atoms with Crippen LogP contribution < -0.4 is 5.11 Å². The molecule has 0 aromatic rings. The van der Waals surface area contributed by atoms with Gasteiger partial charge < -0.3 is 33.3 Å². The molecule has 0 aliphatic carbocycles. The number of hydrogen-bond acceptors (Lipinski definition) is 8. The third-order valence-corrected chi connectivity index (χ3v) is 15.0. The number of quaternary nitrogens is 1. The van der Waals surface area contributed by atoms with E-state index in [0.717, 1.165) is 154 Å². The average molecular weight is 1310 g/mol. The van der Waals surface area contributed by atoms with Crippen molar-refractivity contribution in [3.8, 4) is 0 Å². The van der Waals surface area contributed by atoms with E-state index in [2.05, 4.69) is 220 Å². The van der Waals surface area contributed by atoms with Crippen LogP contribution in [-0.4, -0.2) is 82.3 Å². The molecule has 0 aromatic carbocycles. The Balaban J connectivity index is 4.19. The maximum absolute atomic E-state index is 13.0. The number of carbonyl (C=O) groups is 3. The second kappa shape index (κ2) is 73.7. The summed E-state index contributed by atoms with van der Waals surface area (Å²) >= 11 is 0. The van der Waals surface area contributed by atoms with Crippen LogP contribution in [0.4, 0.5) is 0 Å². The molecule has 0 radical (unpaired) electrons. The summed E-state index contributed by atoms with van der Waals surface area (Å²) in [6, 6.07) is 0. The van der Waals surface area contributed by atoms with Crippen molar-refractivity contribution in [2.45, 2.75) is 270 Å². The van der Waals surface area contributed by atoms with Crippen LogP contribution in [0.3, 0.4) is 0 Å². The highest BCUT2D eigenvalue weighted by atomic mass is 16.7. The number of hydrogen-bond donors (Lipinski definition) is 0. The van der Waals surface area contributed by atoms with Gasteiger partial charge in [-0.25, -0.2) is 0 Å². The average Bonchev–Trinajstić information content (AvgIpc) is 3.54. The van der Waals surface area contributed by atoms with Gasteiger partial charge in [-0.1, -0.05) is 304 Å². The maximum atomic E-state index is 13.0. The number of nitrogens with zero attached hydrogens (tertiary/aromatic N) is 1. The molecule has 0 N–H and O–H groups in total. The minimum Gasteiger partial charge on any atom is -0.545 e. The highest BCUT2D eigenvalue weighted by molar-refractivity contribution is 5.70. The van der Waals surface area contributed by atoms with E-state index in [1.165, 1.54) is 64.2 Å². The Hall–Kier alpha value is -6.13. The molecule has 0 bridgehead atoms. The van der Waals surface area contributed by atoms with Gasteiger partial charge in [0.1, 0.15) is 13.2 Å². The molecule has 2 unspecified atom stereocenters. The number of ether oxygens (including phenoxy) is 4. The number of carboxylic acids is 1. The van der Waals surface area contributed by atoms with Gasteiger partial charge in [-0.2, -0.15) is 0 Å². The van der Waals surface area contributed by atoms with Crippen LogP contribution >= 0.6 is 0 Å². The maximum Gasteiger partial charge on any atom is 0.306 e. The molecule has 0 aromatic heterocycles. The number of aliphatic carboxylic acids is 1. The van der Waals surface area contributed by atoms with Crippen molar-refractivity contribution in [3.05, 3.63) is 207 Å². The summed E-state index contributed by atoms with van der Waals surface area (Å²) in [7, 11) is 5.91. The molecule has 9 heteroatoms. The van der Waals surface area contributed by atoms with Crippen molar-refractivity contribution >= 4 is 17.9 Å². The minimum atomic E-state index is -1.64. The standard InChI is InChI=1S/C86H135NO8/c1-6-8-10-12-14-16-18-20-22-24-26-28-30-32-34-36-37-38-39-40-41-42-43-44-45-46-47-49-51-53-55-57-59-61-63-65-67-69-71-73-75-77-84(89)95-82(81-94-86(85(90)91)92-79-78-87(3,4)5)80-93-83(88)76-74-72-70-68-66-64-62-60-58-56-54-52-50-48-35-33-31-29-27-25-23-21-19-17-15-13-11-9-7-2/h8-11,14-17,20-23,26-29,32-35,37-38,40-41,43-44,46-47,50,52,56,58,62,64,82,86H,6-7,12-13,18-19,24-25,30-31,36,39,42,45,48-49,51,53-55,57,59-61,63,65-81H2,1-5H3/b10-8-,11-9-,16-14-,17-15-,22-20-,23-21-,28-26-,29-27-,34-32-,35-33-,38-37-,41-40-,44-43-,47-46-,52-50-,58-56-,64-62-. The molecule has 9 nitrogen and oxygen atoms in total. The lowest BCUT2D eigenvalue weighted by Gasteiger charge is -2.26. The van der Waals surface area contributed by atoms with E-state index < -0.39 is 24.3 Å².